The first-order chi connectivity index (χ1) is 12.4. The van der Waals surface area contributed by atoms with Crippen molar-refractivity contribution in [3.05, 3.63) is 51.7 Å². The van der Waals surface area contributed by atoms with E-state index in [1.165, 1.54) is 10.4 Å². The number of hydrogen-bond acceptors (Lipinski definition) is 4. The predicted octanol–water partition coefficient (Wildman–Crippen LogP) is 4.77. The van der Waals surface area contributed by atoms with E-state index in [2.05, 4.69) is 26.8 Å². The van der Waals surface area contributed by atoms with Crippen molar-refractivity contribution >= 4 is 23.3 Å². The Labute approximate surface area is 160 Å². The molecule has 1 heterocycles. The van der Waals surface area contributed by atoms with Gasteiger partial charge in [0.05, 0.1) is 20.3 Å². The number of nitrogens with zero attached hydrogens (tertiary/aromatic N) is 1. The Morgan fingerprint density at radius 2 is 2.04 bits per heavy atom. The van der Waals surface area contributed by atoms with Crippen LogP contribution in [0, 0.1) is 12.8 Å². The molecule has 0 atom stereocenters. The Kier molecular flexibility index (Phi) is 7.27. The van der Waals surface area contributed by atoms with Crippen LogP contribution in [0.5, 0.6) is 11.5 Å². The van der Waals surface area contributed by atoms with E-state index < -0.39 is 0 Å². The van der Waals surface area contributed by atoms with Gasteiger partial charge in [-0.3, -0.25) is 4.79 Å². The number of methoxy groups -OCH3 is 1. The molecule has 1 amide bonds. The minimum atomic E-state index is -0.0306. The van der Waals surface area contributed by atoms with Gasteiger partial charge in [0, 0.05) is 18.0 Å². The molecule has 4 nitrogen and oxygen atoms in total. The molecule has 0 aliphatic rings. The third-order valence-electron chi connectivity index (χ3n) is 3.90. The van der Waals surface area contributed by atoms with Crippen LogP contribution in [-0.2, 0) is 11.3 Å². The van der Waals surface area contributed by atoms with Gasteiger partial charge in [-0.05, 0) is 53.6 Å². The molecule has 0 aliphatic heterocycles. The number of rotatable bonds is 8. The second kappa shape index (κ2) is 9.43. The van der Waals surface area contributed by atoms with Crippen molar-refractivity contribution < 1.29 is 14.3 Å². The zero-order chi connectivity index (χ0) is 19.1. The molecule has 140 valence electrons. The summed E-state index contributed by atoms with van der Waals surface area (Å²) < 4.78 is 11.2. The molecule has 0 N–H and O–H groups in total. The molecule has 1 aromatic heterocycles. The van der Waals surface area contributed by atoms with E-state index in [-0.39, 0.29) is 5.91 Å². The fourth-order valence-corrected chi connectivity index (χ4v) is 3.28. The zero-order valence-electron chi connectivity index (χ0n) is 16.1. The first-order valence-corrected chi connectivity index (χ1v) is 9.55. The summed E-state index contributed by atoms with van der Waals surface area (Å²) in [6, 6.07) is 7.75. The molecule has 0 bridgehead atoms. The van der Waals surface area contributed by atoms with Crippen molar-refractivity contribution in [1.82, 2.24) is 4.90 Å². The Bertz CT molecular complexity index is 764. The second-order valence-corrected chi connectivity index (χ2v) is 7.67. The van der Waals surface area contributed by atoms with Crippen LogP contribution in [0.2, 0.25) is 0 Å². The van der Waals surface area contributed by atoms with Crippen LogP contribution < -0.4 is 9.47 Å². The van der Waals surface area contributed by atoms with Gasteiger partial charge >= 0.3 is 0 Å². The van der Waals surface area contributed by atoms with Gasteiger partial charge in [-0.1, -0.05) is 19.9 Å². The Morgan fingerprint density at radius 1 is 1.27 bits per heavy atom. The van der Waals surface area contributed by atoms with Gasteiger partial charge in [-0.25, -0.2) is 0 Å². The quantitative estimate of drug-likeness (QED) is 0.626. The highest BCUT2D eigenvalue weighted by Gasteiger charge is 2.09. The van der Waals surface area contributed by atoms with Crippen molar-refractivity contribution in [3.8, 4) is 11.5 Å². The molecule has 0 spiro atoms. The summed E-state index contributed by atoms with van der Waals surface area (Å²) in [5, 5.41) is 2.05. The van der Waals surface area contributed by atoms with Crippen molar-refractivity contribution in [3.63, 3.8) is 0 Å². The summed E-state index contributed by atoms with van der Waals surface area (Å²) in [4.78, 5) is 15.3. The van der Waals surface area contributed by atoms with Crippen molar-refractivity contribution in [2.24, 2.45) is 5.92 Å². The molecule has 5 heteroatoms. The molecule has 0 unspecified atom stereocenters. The molecule has 0 saturated carbocycles. The SMILES string of the molecule is COc1cc(/C=C/C(=O)N(C)Cc2sccc2C)ccc1OCC(C)C. The molecule has 2 rings (SSSR count). The van der Waals surface area contributed by atoms with Gasteiger partial charge in [-0.2, -0.15) is 0 Å². The lowest BCUT2D eigenvalue weighted by Crippen LogP contribution is -2.23. The molecule has 0 saturated heterocycles. The van der Waals surface area contributed by atoms with Crippen molar-refractivity contribution in [2.45, 2.75) is 27.3 Å². The first kappa shape index (κ1) is 20.0. The maximum absolute atomic E-state index is 12.3. The standard InChI is InChI=1S/C21H27NO3S/c1-15(2)14-25-18-8-6-17(12-19(18)24-5)7-9-21(23)22(4)13-20-16(3)10-11-26-20/h6-12,15H,13-14H2,1-5H3/b9-7+. The highest BCUT2D eigenvalue weighted by molar-refractivity contribution is 7.10. The van der Waals surface area contributed by atoms with E-state index in [1.54, 1.807) is 35.5 Å². The van der Waals surface area contributed by atoms with E-state index >= 15 is 0 Å². The van der Waals surface area contributed by atoms with Crippen LogP contribution in [-0.4, -0.2) is 31.6 Å². The van der Waals surface area contributed by atoms with E-state index in [0.29, 0.717) is 24.8 Å². The van der Waals surface area contributed by atoms with Crippen molar-refractivity contribution in [2.75, 3.05) is 20.8 Å². The molecular formula is C21H27NO3S. The number of carbonyl (C=O) groups excluding carboxylic acids is 1. The van der Waals surface area contributed by atoms with Gasteiger partial charge < -0.3 is 14.4 Å². The molecule has 0 aliphatic carbocycles. The average molecular weight is 374 g/mol. The smallest absolute Gasteiger partial charge is 0.246 e. The molecular weight excluding hydrogens is 346 g/mol. The lowest BCUT2D eigenvalue weighted by molar-refractivity contribution is -0.125. The maximum atomic E-state index is 12.3. The van der Waals surface area contributed by atoms with Crippen LogP contribution in [0.1, 0.15) is 29.9 Å². The second-order valence-electron chi connectivity index (χ2n) is 6.67. The lowest BCUT2D eigenvalue weighted by Gasteiger charge is -2.15. The summed E-state index contributed by atoms with van der Waals surface area (Å²) in [5.41, 5.74) is 2.12. The number of thiophene rings is 1. The number of carbonyl (C=O) groups is 1. The number of ether oxygens (including phenoxy) is 2. The Hall–Kier alpha value is -2.27. The number of amides is 1. The van der Waals surface area contributed by atoms with Gasteiger partial charge in [0.25, 0.3) is 0 Å². The average Bonchev–Trinajstić information content (AvgIpc) is 3.02. The van der Waals surface area contributed by atoms with E-state index in [4.69, 9.17) is 9.47 Å². The molecule has 2 aromatic rings. The monoisotopic (exact) mass is 373 g/mol. The van der Waals surface area contributed by atoms with Crippen LogP contribution in [0.4, 0.5) is 0 Å². The first-order valence-electron chi connectivity index (χ1n) is 8.67. The largest absolute Gasteiger partial charge is 0.493 e. The zero-order valence-corrected chi connectivity index (χ0v) is 16.9. The summed E-state index contributed by atoms with van der Waals surface area (Å²) in [7, 11) is 3.43. The Balaban J connectivity index is 2.02. The molecule has 0 radical (unpaired) electrons. The lowest BCUT2D eigenvalue weighted by atomic mass is 10.1. The van der Waals surface area contributed by atoms with Gasteiger partial charge in [0.1, 0.15) is 0 Å². The highest BCUT2D eigenvalue weighted by Crippen LogP contribution is 2.29. The normalized spacial score (nSPS) is 11.2. The van der Waals surface area contributed by atoms with E-state index in [9.17, 15) is 4.79 Å². The number of benzene rings is 1. The van der Waals surface area contributed by atoms with Gasteiger partial charge in [-0.15, -0.1) is 11.3 Å². The number of hydrogen-bond donors (Lipinski definition) is 0. The third kappa shape index (κ3) is 5.63. The molecule has 26 heavy (non-hydrogen) atoms. The predicted molar refractivity (Wildman–Crippen MR) is 108 cm³/mol. The molecule has 1 aromatic carbocycles. The van der Waals surface area contributed by atoms with Crippen LogP contribution in [0.3, 0.4) is 0 Å². The minimum absolute atomic E-state index is 0.0306. The van der Waals surface area contributed by atoms with Gasteiger partial charge in [0.15, 0.2) is 11.5 Å². The Morgan fingerprint density at radius 3 is 2.65 bits per heavy atom. The van der Waals surface area contributed by atoms with Crippen LogP contribution in [0.15, 0.2) is 35.7 Å². The third-order valence-corrected chi connectivity index (χ3v) is 4.91. The minimum Gasteiger partial charge on any atom is -0.493 e. The summed E-state index contributed by atoms with van der Waals surface area (Å²) in [6.45, 7) is 7.52. The van der Waals surface area contributed by atoms with Crippen molar-refractivity contribution in [1.29, 1.82) is 0 Å². The molecule has 0 fully saturated rings. The van der Waals surface area contributed by atoms with E-state index in [0.717, 1.165) is 11.3 Å². The summed E-state index contributed by atoms with van der Waals surface area (Å²) in [6.07, 6.45) is 3.39. The summed E-state index contributed by atoms with van der Waals surface area (Å²) in [5.74, 6) is 1.80. The highest BCUT2D eigenvalue weighted by atomic mass is 32.1. The number of aryl methyl sites for hydroxylation is 1. The fourth-order valence-electron chi connectivity index (χ4n) is 2.32. The van der Waals surface area contributed by atoms with Crippen LogP contribution in [0.25, 0.3) is 6.08 Å². The summed E-state index contributed by atoms with van der Waals surface area (Å²) >= 11 is 1.67. The topological polar surface area (TPSA) is 38.8 Å². The number of likely N-dealkylation sites (N-methyl/N-ethyl adjacent to an activating group) is 1. The van der Waals surface area contributed by atoms with Gasteiger partial charge in [0.2, 0.25) is 5.91 Å². The van der Waals surface area contributed by atoms with E-state index in [1.807, 2.05) is 30.6 Å². The maximum Gasteiger partial charge on any atom is 0.246 e. The fraction of sp³-hybridized carbons (Fsp3) is 0.381. The van der Waals surface area contributed by atoms with Crippen LogP contribution >= 0.6 is 11.3 Å².